The van der Waals surface area contributed by atoms with E-state index in [1.54, 1.807) is 0 Å². The number of alkyl halides is 1. The summed E-state index contributed by atoms with van der Waals surface area (Å²) in [7, 11) is 0. The lowest BCUT2D eigenvalue weighted by Crippen LogP contribution is -2.24. The number of hydrogen-bond donors (Lipinski definition) is 1. The van der Waals surface area contributed by atoms with Gasteiger partial charge in [0, 0.05) is 6.54 Å². The van der Waals surface area contributed by atoms with Crippen molar-refractivity contribution in [2.45, 2.75) is 13.8 Å². The van der Waals surface area contributed by atoms with Gasteiger partial charge < -0.3 is 5.32 Å². The number of rotatable bonds is 3. The Morgan fingerprint density at radius 2 is 2.20 bits per heavy atom. The number of amides is 1. The summed E-state index contributed by atoms with van der Waals surface area (Å²) in [6.45, 7) is 4.68. The predicted octanol–water partition coefficient (Wildman–Crippen LogP) is 1.50. The average molecular weight is 253 g/mol. The molecule has 0 fully saturated rings. The Bertz CT molecular complexity index is 139. The summed E-state index contributed by atoms with van der Waals surface area (Å²) in [5, 5.41) is 2.74. The van der Waals surface area contributed by atoms with Crippen LogP contribution in [0.15, 0.2) is 11.6 Å². The van der Waals surface area contributed by atoms with Gasteiger partial charge in [-0.15, -0.1) is 0 Å². The molecule has 10 heavy (non-hydrogen) atoms. The van der Waals surface area contributed by atoms with Crippen LogP contribution in [-0.2, 0) is 4.79 Å². The Balaban J connectivity index is 3.37. The van der Waals surface area contributed by atoms with Crippen LogP contribution in [0.4, 0.5) is 0 Å². The van der Waals surface area contributed by atoms with Gasteiger partial charge in [-0.1, -0.05) is 34.2 Å². The third-order valence-corrected chi connectivity index (χ3v) is 1.62. The first-order chi connectivity index (χ1) is 4.66. The van der Waals surface area contributed by atoms with Gasteiger partial charge in [-0.25, -0.2) is 0 Å². The number of nitrogens with one attached hydrogen (secondary N) is 1. The van der Waals surface area contributed by atoms with Crippen LogP contribution < -0.4 is 5.32 Å². The van der Waals surface area contributed by atoms with Crippen molar-refractivity contribution < 1.29 is 4.79 Å². The number of hydrogen-bond acceptors (Lipinski definition) is 1. The maximum Gasteiger partial charge on any atom is 0.230 e. The van der Waals surface area contributed by atoms with Crippen LogP contribution in [0.25, 0.3) is 0 Å². The van der Waals surface area contributed by atoms with E-state index in [2.05, 4.69) is 5.32 Å². The van der Waals surface area contributed by atoms with E-state index < -0.39 is 0 Å². The molecule has 0 unspecified atom stereocenters. The fourth-order valence-electron chi connectivity index (χ4n) is 0.416. The molecule has 0 radical (unpaired) electrons. The van der Waals surface area contributed by atoms with Gasteiger partial charge in [0.1, 0.15) is 0 Å². The molecule has 0 saturated carbocycles. The molecule has 1 N–H and O–H groups in total. The SMILES string of the molecule is CC(C)=CCNC(=O)CI. The Labute approximate surface area is 75.2 Å². The molecule has 0 aliphatic heterocycles. The Morgan fingerprint density at radius 3 is 2.60 bits per heavy atom. The molecule has 0 spiro atoms. The van der Waals surface area contributed by atoms with E-state index in [9.17, 15) is 4.79 Å². The minimum Gasteiger partial charge on any atom is -0.352 e. The number of carbonyl (C=O) groups excluding carboxylic acids is 1. The molecule has 0 aliphatic carbocycles. The van der Waals surface area contributed by atoms with Gasteiger partial charge in [0.15, 0.2) is 0 Å². The van der Waals surface area contributed by atoms with Gasteiger partial charge in [0.2, 0.25) is 5.91 Å². The summed E-state index contributed by atoms with van der Waals surface area (Å²) in [6, 6.07) is 0. The standard InChI is InChI=1S/C7H12INO/c1-6(2)3-4-9-7(10)5-8/h3H,4-5H2,1-2H3,(H,9,10). The third kappa shape index (κ3) is 6.07. The first-order valence-electron chi connectivity index (χ1n) is 3.13. The lowest BCUT2D eigenvalue weighted by molar-refractivity contribution is -0.118. The fraction of sp³-hybridized carbons (Fsp3) is 0.571. The van der Waals surface area contributed by atoms with E-state index in [0.29, 0.717) is 11.0 Å². The highest BCUT2D eigenvalue weighted by atomic mass is 127. The van der Waals surface area contributed by atoms with Crippen LogP contribution in [0.3, 0.4) is 0 Å². The van der Waals surface area contributed by atoms with Crippen molar-refractivity contribution in [2.24, 2.45) is 0 Å². The molecule has 3 heteroatoms. The molecule has 0 atom stereocenters. The molecule has 0 aromatic carbocycles. The molecule has 0 aromatic rings. The maximum atomic E-state index is 10.6. The Kier molecular flexibility index (Phi) is 5.67. The molecule has 2 nitrogen and oxygen atoms in total. The lowest BCUT2D eigenvalue weighted by Gasteiger charge is -1.96. The van der Waals surface area contributed by atoms with Crippen molar-refractivity contribution in [3.05, 3.63) is 11.6 Å². The van der Waals surface area contributed by atoms with Crippen LogP contribution in [0.5, 0.6) is 0 Å². The van der Waals surface area contributed by atoms with Gasteiger partial charge in [0.25, 0.3) is 0 Å². The van der Waals surface area contributed by atoms with Crippen LogP contribution in [0, 0.1) is 0 Å². The van der Waals surface area contributed by atoms with Crippen LogP contribution in [0.2, 0.25) is 0 Å². The minimum absolute atomic E-state index is 0.0955. The Morgan fingerprint density at radius 1 is 1.60 bits per heavy atom. The van der Waals surface area contributed by atoms with Crippen molar-refractivity contribution in [3.8, 4) is 0 Å². The van der Waals surface area contributed by atoms with E-state index in [-0.39, 0.29) is 5.91 Å². The summed E-state index contributed by atoms with van der Waals surface area (Å²) in [6.07, 6.45) is 1.99. The van der Waals surface area contributed by atoms with Crippen molar-refractivity contribution in [3.63, 3.8) is 0 Å². The summed E-state index contributed by atoms with van der Waals surface area (Å²) < 4.78 is 0.536. The summed E-state index contributed by atoms with van der Waals surface area (Å²) in [4.78, 5) is 10.6. The zero-order chi connectivity index (χ0) is 7.98. The summed E-state index contributed by atoms with van der Waals surface area (Å²) in [5.41, 5.74) is 1.23. The molecule has 58 valence electrons. The van der Waals surface area contributed by atoms with Crippen molar-refractivity contribution >= 4 is 28.5 Å². The number of allylic oxidation sites excluding steroid dienone is 1. The van der Waals surface area contributed by atoms with E-state index in [4.69, 9.17) is 0 Å². The third-order valence-electron chi connectivity index (χ3n) is 0.931. The van der Waals surface area contributed by atoms with Gasteiger partial charge in [-0.05, 0) is 13.8 Å². The second-order valence-electron chi connectivity index (χ2n) is 2.22. The Hall–Kier alpha value is -0.0600. The van der Waals surface area contributed by atoms with Gasteiger partial charge in [-0.3, -0.25) is 4.79 Å². The first-order valence-corrected chi connectivity index (χ1v) is 4.65. The van der Waals surface area contributed by atoms with E-state index >= 15 is 0 Å². The molecule has 1 amide bonds. The van der Waals surface area contributed by atoms with Crippen molar-refractivity contribution in [1.82, 2.24) is 5.32 Å². The molecular weight excluding hydrogens is 241 g/mol. The molecule has 0 heterocycles. The minimum atomic E-state index is 0.0955. The van der Waals surface area contributed by atoms with Crippen molar-refractivity contribution in [1.29, 1.82) is 0 Å². The monoisotopic (exact) mass is 253 g/mol. The van der Waals surface area contributed by atoms with Gasteiger partial charge in [0.05, 0.1) is 4.43 Å². The van der Waals surface area contributed by atoms with E-state index in [1.807, 2.05) is 42.5 Å². The molecule has 0 bridgehead atoms. The van der Waals surface area contributed by atoms with Gasteiger partial charge >= 0.3 is 0 Å². The first kappa shape index (κ1) is 9.94. The largest absolute Gasteiger partial charge is 0.352 e. The highest BCUT2D eigenvalue weighted by Crippen LogP contribution is 1.86. The fourth-order valence-corrected chi connectivity index (χ4v) is 0.686. The topological polar surface area (TPSA) is 29.1 Å². The summed E-state index contributed by atoms with van der Waals surface area (Å²) in [5.74, 6) is 0.0955. The highest BCUT2D eigenvalue weighted by Gasteiger charge is 1.92. The number of carbonyl (C=O) groups is 1. The number of halogens is 1. The average Bonchev–Trinajstić information content (AvgIpc) is 1.87. The van der Waals surface area contributed by atoms with Crippen LogP contribution in [-0.4, -0.2) is 16.9 Å². The smallest absolute Gasteiger partial charge is 0.230 e. The molecule has 0 saturated heterocycles. The predicted molar refractivity (Wildman–Crippen MR) is 51.3 cm³/mol. The molecule has 0 aliphatic rings. The van der Waals surface area contributed by atoms with Crippen LogP contribution >= 0.6 is 22.6 Å². The van der Waals surface area contributed by atoms with E-state index in [0.717, 1.165) is 0 Å². The zero-order valence-electron chi connectivity index (χ0n) is 6.28. The molecular formula is C7H12INO. The quantitative estimate of drug-likeness (QED) is 0.461. The zero-order valence-corrected chi connectivity index (χ0v) is 8.44. The van der Waals surface area contributed by atoms with Crippen LogP contribution in [0.1, 0.15) is 13.8 Å². The normalized spacial score (nSPS) is 8.70. The second kappa shape index (κ2) is 5.70. The second-order valence-corrected chi connectivity index (χ2v) is 2.98. The molecule has 0 aromatic heterocycles. The lowest BCUT2D eigenvalue weighted by atomic mass is 10.3. The molecule has 0 rings (SSSR count). The van der Waals surface area contributed by atoms with Crippen molar-refractivity contribution in [2.75, 3.05) is 11.0 Å². The van der Waals surface area contributed by atoms with Gasteiger partial charge in [-0.2, -0.15) is 0 Å². The van der Waals surface area contributed by atoms with E-state index in [1.165, 1.54) is 5.57 Å². The highest BCUT2D eigenvalue weighted by molar-refractivity contribution is 14.1. The maximum absolute atomic E-state index is 10.6. The summed E-state index contributed by atoms with van der Waals surface area (Å²) >= 11 is 2.04.